The minimum atomic E-state index is 0.611. The lowest BCUT2D eigenvalue weighted by Gasteiger charge is -2.09. The first kappa shape index (κ1) is 13.2. The maximum absolute atomic E-state index is 9.03. The molecule has 0 radical (unpaired) electrons. The first-order chi connectivity index (χ1) is 10.2. The van der Waals surface area contributed by atoms with E-state index in [1.165, 1.54) is 0 Å². The molecule has 0 N–H and O–H groups in total. The van der Waals surface area contributed by atoms with Crippen LogP contribution in [0.15, 0.2) is 42.5 Å². The second-order valence-corrected chi connectivity index (χ2v) is 4.74. The van der Waals surface area contributed by atoms with Crippen molar-refractivity contribution in [1.29, 1.82) is 5.26 Å². The zero-order valence-electron chi connectivity index (χ0n) is 12.0. The molecule has 0 fully saturated rings. The number of hydrogen-bond acceptors (Lipinski definition) is 3. The Balaban J connectivity index is 2.22. The van der Waals surface area contributed by atoms with E-state index < -0.39 is 0 Å². The topological polar surface area (TPSA) is 50.8 Å². The van der Waals surface area contributed by atoms with Crippen molar-refractivity contribution in [2.24, 2.45) is 7.05 Å². The summed E-state index contributed by atoms with van der Waals surface area (Å²) in [5, 5.41) is 9.03. The van der Waals surface area contributed by atoms with Gasteiger partial charge in [-0.15, -0.1) is 0 Å². The zero-order valence-corrected chi connectivity index (χ0v) is 12.0. The summed E-state index contributed by atoms with van der Waals surface area (Å²) in [5.41, 5.74) is 3.40. The molecule has 3 rings (SSSR count). The number of fused-ring (bicyclic) bond motifs is 1. The second-order valence-electron chi connectivity index (χ2n) is 4.74. The molecule has 0 bridgehead atoms. The predicted octanol–water partition coefficient (Wildman–Crippen LogP) is 3.51. The van der Waals surface area contributed by atoms with E-state index in [2.05, 4.69) is 11.1 Å². The van der Waals surface area contributed by atoms with Gasteiger partial charge in [0.25, 0.3) is 0 Å². The number of benzene rings is 2. The number of aryl methyl sites for hydroxylation is 1. The van der Waals surface area contributed by atoms with Crippen LogP contribution in [0.2, 0.25) is 0 Å². The van der Waals surface area contributed by atoms with E-state index >= 15 is 0 Å². The molecule has 0 spiro atoms. The Morgan fingerprint density at radius 3 is 2.81 bits per heavy atom. The van der Waals surface area contributed by atoms with Gasteiger partial charge in [-0.05, 0) is 37.3 Å². The fourth-order valence-electron chi connectivity index (χ4n) is 2.43. The number of aromatic nitrogens is 2. The van der Waals surface area contributed by atoms with Crippen molar-refractivity contribution in [1.82, 2.24) is 9.55 Å². The van der Waals surface area contributed by atoms with E-state index in [-0.39, 0.29) is 0 Å². The summed E-state index contributed by atoms with van der Waals surface area (Å²) >= 11 is 0. The standard InChI is InChI=1S/C17H15N3O/c1-3-21-16-7-5-4-6-13(16)17-19-14-9-8-12(11-18)10-15(14)20(17)2/h4-10H,3H2,1-2H3. The van der Waals surface area contributed by atoms with E-state index in [0.29, 0.717) is 12.2 Å². The number of nitrogens with zero attached hydrogens (tertiary/aromatic N) is 3. The smallest absolute Gasteiger partial charge is 0.144 e. The van der Waals surface area contributed by atoms with Crippen molar-refractivity contribution >= 4 is 11.0 Å². The number of nitriles is 1. The summed E-state index contributed by atoms with van der Waals surface area (Å²) in [7, 11) is 1.95. The van der Waals surface area contributed by atoms with Crippen LogP contribution in [0.25, 0.3) is 22.4 Å². The highest BCUT2D eigenvalue weighted by Gasteiger charge is 2.14. The van der Waals surface area contributed by atoms with Gasteiger partial charge >= 0.3 is 0 Å². The van der Waals surface area contributed by atoms with Crippen LogP contribution in [0, 0.1) is 11.3 Å². The summed E-state index contributed by atoms with van der Waals surface area (Å²) in [6, 6.07) is 15.5. The molecule has 21 heavy (non-hydrogen) atoms. The summed E-state index contributed by atoms with van der Waals surface area (Å²) in [6.07, 6.45) is 0. The Bertz CT molecular complexity index is 843. The van der Waals surface area contributed by atoms with Gasteiger partial charge in [-0.3, -0.25) is 0 Å². The van der Waals surface area contributed by atoms with Gasteiger partial charge in [0.2, 0.25) is 0 Å². The fourth-order valence-corrected chi connectivity index (χ4v) is 2.43. The molecule has 0 saturated carbocycles. The van der Waals surface area contributed by atoms with Gasteiger partial charge in [0.1, 0.15) is 11.6 Å². The van der Waals surface area contributed by atoms with Gasteiger partial charge in [0.15, 0.2) is 0 Å². The molecule has 2 aromatic carbocycles. The third-order valence-electron chi connectivity index (χ3n) is 3.44. The molecule has 0 aliphatic heterocycles. The van der Waals surface area contributed by atoms with Crippen molar-refractivity contribution in [3.63, 3.8) is 0 Å². The van der Waals surface area contributed by atoms with E-state index in [1.807, 2.05) is 54.9 Å². The molecular weight excluding hydrogens is 262 g/mol. The molecule has 0 unspecified atom stereocenters. The average molecular weight is 277 g/mol. The van der Waals surface area contributed by atoms with Crippen LogP contribution < -0.4 is 4.74 Å². The Hall–Kier alpha value is -2.80. The Labute approximate surface area is 123 Å². The normalized spacial score (nSPS) is 10.5. The molecule has 0 atom stereocenters. The Kier molecular flexibility index (Phi) is 3.33. The Morgan fingerprint density at radius 1 is 1.24 bits per heavy atom. The van der Waals surface area contributed by atoms with E-state index in [9.17, 15) is 0 Å². The van der Waals surface area contributed by atoms with Gasteiger partial charge < -0.3 is 9.30 Å². The summed E-state index contributed by atoms with van der Waals surface area (Å²) < 4.78 is 7.68. The lowest BCUT2D eigenvalue weighted by Crippen LogP contribution is -1.98. The number of ether oxygens (including phenoxy) is 1. The average Bonchev–Trinajstić information content (AvgIpc) is 2.85. The highest BCUT2D eigenvalue weighted by Crippen LogP contribution is 2.31. The third kappa shape index (κ3) is 2.23. The van der Waals surface area contributed by atoms with E-state index in [4.69, 9.17) is 10.00 Å². The first-order valence-corrected chi connectivity index (χ1v) is 6.83. The van der Waals surface area contributed by atoms with Crippen molar-refractivity contribution in [2.75, 3.05) is 6.61 Å². The number of hydrogen-bond donors (Lipinski definition) is 0. The summed E-state index contributed by atoms with van der Waals surface area (Å²) in [6.45, 7) is 2.57. The Morgan fingerprint density at radius 2 is 2.05 bits per heavy atom. The van der Waals surface area contributed by atoms with E-state index in [1.54, 1.807) is 6.07 Å². The van der Waals surface area contributed by atoms with E-state index in [0.717, 1.165) is 28.2 Å². The number of para-hydroxylation sites is 1. The number of imidazole rings is 1. The molecule has 4 nitrogen and oxygen atoms in total. The SMILES string of the molecule is CCOc1ccccc1-c1nc2ccc(C#N)cc2n1C. The molecule has 0 saturated heterocycles. The molecule has 4 heteroatoms. The minimum absolute atomic E-state index is 0.611. The van der Waals surface area contributed by atoms with Gasteiger partial charge in [-0.1, -0.05) is 12.1 Å². The van der Waals surface area contributed by atoms with Crippen LogP contribution in [0.3, 0.4) is 0 Å². The molecule has 0 aliphatic carbocycles. The first-order valence-electron chi connectivity index (χ1n) is 6.83. The van der Waals surface area contributed by atoms with Crippen molar-refractivity contribution < 1.29 is 4.74 Å². The van der Waals surface area contributed by atoms with Crippen LogP contribution in [-0.4, -0.2) is 16.2 Å². The monoisotopic (exact) mass is 277 g/mol. The second kappa shape index (κ2) is 5.29. The maximum atomic E-state index is 9.03. The van der Waals surface area contributed by atoms with Crippen LogP contribution in [0.1, 0.15) is 12.5 Å². The quantitative estimate of drug-likeness (QED) is 0.736. The molecule has 1 heterocycles. The van der Waals surface area contributed by atoms with Gasteiger partial charge in [0.05, 0.1) is 34.8 Å². The van der Waals surface area contributed by atoms with Crippen LogP contribution >= 0.6 is 0 Å². The molecular formula is C17H15N3O. The predicted molar refractivity (Wildman–Crippen MR) is 82.0 cm³/mol. The number of rotatable bonds is 3. The lowest BCUT2D eigenvalue weighted by molar-refractivity contribution is 0.341. The zero-order chi connectivity index (χ0) is 14.8. The largest absolute Gasteiger partial charge is 0.493 e. The maximum Gasteiger partial charge on any atom is 0.144 e. The lowest BCUT2D eigenvalue weighted by atomic mass is 10.2. The third-order valence-corrected chi connectivity index (χ3v) is 3.44. The highest BCUT2D eigenvalue weighted by molar-refractivity contribution is 5.83. The van der Waals surface area contributed by atoms with Crippen molar-refractivity contribution in [2.45, 2.75) is 6.92 Å². The van der Waals surface area contributed by atoms with Gasteiger partial charge in [-0.25, -0.2) is 4.98 Å². The van der Waals surface area contributed by atoms with Gasteiger partial charge in [0, 0.05) is 7.05 Å². The molecule has 0 amide bonds. The molecule has 0 aliphatic rings. The highest BCUT2D eigenvalue weighted by atomic mass is 16.5. The van der Waals surface area contributed by atoms with Crippen LogP contribution in [0.4, 0.5) is 0 Å². The van der Waals surface area contributed by atoms with Crippen LogP contribution in [0.5, 0.6) is 5.75 Å². The molecule has 104 valence electrons. The van der Waals surface area contributed by atoms with Crippen molar-refractivity contribution in [3.05, 3.63) is 48.0 Å². The molecule has 1 aromatic heterocycles. The fraction of sp³-hybridized carbons (Fsp3) is 0.176. The minimum Gasteiger partial charge on any atom is -0.493 e. The summed E-state index contributed by atoms with van der Waals surface area (Å²) in [4.78, 5) is 4.67. The molecule has 3 aromatic rings. The summed E-state index contributed by atoms with van der Waals surface area (Å²) in [5.74, 6) is 1.66. The van der Waals surface area contributed by atoms with Crippen LogP contribution in [-0.2, 0) is 7.05 Å². The van der Waals surface area contributed by atoms with Gasteiger partial charge in [-0.2, -0.15) is 5.26 Å². The van der Waals surface area contributed by atoms with Crippen molar-refractivity contribution in [3.8, 4) is 23.2 Å².